The van der Waals surface area contributed by atoms with Crippen LogP contribution in [0.3, 0.4) is 0 Å². The van der Waals surface area contributed by atoms with Crippen LogP contribution in [0.5, 0.6) is 0 Å². The third-order valence-corrected chi connectivity index (χ3v) is 7.46. The minimum absolute atomic E-state index is 0.0122. The molecule has 4 saturated carbocycles. The second-order valence-corrected chi connectivity index (χ2v) is 9.90. The molecule has 0 radical (unpaired) electrons. The molecule has 1 heterocycles. The number of nitrogens with one attached hydrogen (secondary N) is 2. The fraction of sp³-hybridized carbons (Fsp3) is 0.789. The van der Waals surface area contributed by atoms with E-state index in [4.69, 9.17) is 10.1 Å². The van der Waals surface area contributed by atoms with Crippen LogP contribution in [0, 0.1) is 17.8 Å². The van der Waals surface area contributed by atoms with Crippen LogP contribution in [0.25, 0.3) is 0 Å². The minimum Gasteiger partial charge on any atom is -0.481 e. The molecule has 3 N–H and O–H groups in total. The van der Waals surface area contributed by atoms with Crippen LogP contribution in [-0.4, -0.2) is 45.4 Å². The molecule has 148 valence electrons. The molecule has 1 aliphatic heterocycles. The molecule has 0 aromatic rings. The smallest absolute Gasteiger partial charge is 0.303 e. The van der Waals surface area contributed by atoms with Crippen molar-refractivity contribution in [3.63, 3.8) is 0 Å². The summed E-state index contributed by atoms with van der Waals surface area (Å²) >= 11 is 1.37. The lowest BCUT2D eigenvalue weighted by molar-refractivity contribution is -0.137. The van der Waals surface area contributed by atoms with E-state index in [1.807, 2.05) is 0 Å². The molecule has 5 rings (SSSR count). The third-order valence-electron chi connectivity index (χ3n) is 6.38. The Bertz CT molecular complexity index is 643. The van der Waals surface area contributed by atoms with E-state index in [2.05, 4.69) is 10.6 Å². The molecule has 1 atom stereocenters. The molecule has 0 aromatic carbocycles. The molecule has 1 saturated heterocycles. The summed E-state index contributed by atoms with van der Waals surface area (Å²) in [6, 6.07) is 0. The molecule has 0 spiro atoms. The summed E-state index contributed by atoms with van der Waals surface area (Å²) in [6.45, 7) is 0.318. The number of amidine groups is 1. The molecular weight excluding hydrogens is 366 g/mol. The molecule has 4 bridgehead atoms. The van der Waals surface area contributed by atoms with Crippen LogP contribution < -0.4 is 10.6 Å². The molecule has 5 aliphatic rings. The van der Waals surface area contributed by atoms with Crippen LogP contribution in [-0.2, 0) is 14.4 Å². The first-order chi connectivity index (χ1) is 12.9. The molecule has 5 fully saturated rings. The summed E-state index contributed by atoms with van der Waals surface area (Å²) in [7, 11) is 0. The number of hydrogen-bond acceptors (Lipinski definition) is 5. The first-order valence-electron chi connectivity index (χ1n) is 9.97. The van der Waals surface area contributed by atoms with Crippen molar-refractivity contribution in [1.29, 1.82) is 0 Å². The first kappa shape index (κ1) is 18.8. The van der Waals surface area contributed by atoms with Crippen molar-refractivity contribution in [3.8, 4) is 0 Å². The predicted molar refractivity (Wildman–Crippen MR) is 102 cm³/mol. The first-order valence-corrected chi connectivity index (χ1v) is 10.8. The van der Waals surface area contributed by atoms with Gasteiger partial charge in [-0.15, -0.1) is 0 Å². The van der Waals surface area contributed by atoms with E-state index < -0.39 is 11.2 Å². The zero-order chi connectivity index (χ0) is 19.0. The summed E-state index contributed by atoms with van der Waals surface area (Å²) in [4.78, 5) is 39.8. The number of carboxylic acids is 1. The van der Waals surface area contributed by atoms with Gasteiger partial charge in [0, 0.05) is 19.4 Å². The number of carboxylic acid groups (broad SMARTS) is 1. The van der Waals surface area contributed by atoms with Gasteiger partial charge in [-0.3, -0.25) is 19.4 Å². The van der Waals surface area contributed by atoms with Gasteiger partial charge in [0.15, 0.2) is 5.17 Å². The number of carbonyl (C=O) groups excluding carboxylic acids is 2. The molecule has 8 heteroatoms. The molecule has 7 nitrogen and oxygen atoms in total. The highest BCUT2D eigenvalue weighted by Gasteiger charge is 2.51. The fourth-order valence-corrected chi connectivity index (χ4v) is 6.79. The molecule has 0 aromatic heterocycles. The molecule has 27 heavy (non-hydrogen) atoms. The molecule has 4 aliphatic carbocycles. The van der Waals surface area contributed by atoms with Crippen LogP contribution in [0.4, 0.5) is 0 Å². The van der Waals surface area contributed by atoms with Crippen molar-refractivity contribution < 1.29 is 19.5 Å². The van der Waals surface area contributed by atoms with E-state index in [1.165, 1.54) is 31.0 Å². The quantitative estimate of drug-likeness (QED) is 0.573. The maximum absolute atomic E-state index is 12.3. The van der Waals surface area contributed by atoms with Crippen molar-refractivity contribution >= 4 is 34.7 Å². The lowest BCUT2D eigenvalue weighted by Crippen LogP contribution is -2.50. The normalized spacial score (nSPS) is 38.2. The third kappa shape index (κ3) is 4.31. The van der Waals surface area contributed by atoms with E-state index >= 15 is 0 Å². The zero-order valence-corrected chi connectivity index (χ0v) is 16.2. The Morgan fingerprint density at radius 1 is 1.19 bits per heavy atom. The fourth-order valence-electron chi connectivity index (χ4n) is 5.72. The maximum Gasteiger partial charge on any atom is 0.303 e. The van der Waals surface area contributed by atoms with Crippen molar-refractivity contribution in [2.75, 3.05) is 6.54 Å². The topological polar surface area (TPSA) is 108 Å². The highest BCUT2D eigenvalue weighted by atomic mass is 32.2. The van der Waals surface area contributed by atoms with Crippen molar-refractivity contribution in [2.45, 2.75) is 68.6 Å². The van der Waals surface area contributed by atoms with Crippen LogP contribution >= 0.6 is 11.8 Å². The number of aliphatic imine (C=N–C) groups is 1. The Balaban J connectivity index is 1.31. The Hall–Kier alpha value is -1.57. The van der Waals surface area contributed by atoms with E-state index in [9.17, 15) is 14.4 Å². The maximum atomic E-state index is 12.3. The summed E-state index contributed by atoms with van der Waals surface area (Å²) in [5.41, 5.74) is 0.0122. The summed E-state index contributed by atoms with van der Waals surface area (Å²) in [5.74, 6) is 1.16. The lowest BCUT2D eigenvalue weighted by atomic mass is 9.53. The molecular formula is C19H27N3O4S. The van der Waals surface area contributed by atoms with Gasteiger partial charge < -0.3 is 15.7 Å². The van der Waals surface area contributed by atoms with Crippen molar-refractivity contribution in [2.24, 2.45) is 22.7 Å². The Morgan fingerprint density at radius 3 is 2.41 bits per heavy atom. The van der Waals surface area contributed by atoms with E-state index in [0.717, 1.165) is 37.0 Å². The monoisotopic (exact) mass is 393 g/mol. The van der Waals surface area contributed by atoms with Gasteiger partial charge in [0.1, 0.15) is 5.25 Å². The highest BCUT2D eigenvalue weighted by Crippen LogP contribution is 2.57. The number of thioether (sulfide) groups is 1. The number of hydrogen-bond donors (Lipinski definition) is 3. The van der Waals surface area contributed by atoms with E-state index in [1.54, 1.807) is 0 Å². The number of nitrogens with zero attached hydrogens (tertiary/aromatic N) is 1. The average molecular weight is 394 g/mol. The number of aliphatic carboxylic acids is 1. The van der Waals surface area contributed by atoms with Crippen LogP contribution in [0.1, 0.15) is 57.8 Å². The van der Waals surface area contributed by atoms with Gasteiger partial charge in [0.05, 0.1) is 5.54 Å². The SMILES string of the molecule is O=C(O)CCCNC(=O)CC1SC(=NC23CC4CC(CC(C4)C2)C3)NC1=O. The highest BCUT2D eigenvalue weighted by molar-refractivity contribution is 8.15. The lowest BCUT2D eigenvalue weighted by Gasteiger charge is -2.55. The predicted octanol–water partition coefficient (Wildman–Crippen LogP) is 1.91. The summed E-state index contributed by atoms with van der Waals surface area (Å²) in [6.07, 6.45) is 8.03. The van der Waals surface area contributed by atoms with Gasteiger partial charge >= 0.3 is 5.97 Å². The number of amides is 2. The van der Waals surface area contributed by atoms with Crippen molar-refractivity contribution in [1.82, 2.24) is 10.6 Å². The minimum atomic E-state index is -0.875. The van der Waals surface area contributed by atoms with E-state index in [0.29, 0.717) is 18.1 Å². The van der Waals surface area contributed by atoms with Crippen molar-refractivity contribution in [3.05, 3.63) is 0 Å². The van der Waals surface area contributed by atoms with Crippen LogP contribution in [0.2, 0.25) is 0 Å². The second-order valence-electron chi connectivity index (χ2n) is 8.71. The van der Waals surface area contributed by atoms with Gasteiger partial charge in [-0.05, 0) is 62.7 Å². The largest absolute Gasteiger partial charge is 0.481 e. The van der Waals surface area contributed by atoms with E-state index in [-0.39, 0.29) is 30.2 Å². The van der Waals surface area contributed by atoms with Gasteiger partial charge in [-0.1, -0.05) is 11.8 Å². The molecule has 1 unspecified atom stereocenters. The second kappa shape index (κ2) is 7.45. The van der Waals surface area contributed by atoms with Crippen LogP contribution in [0.15, 0.2) is 4.99 Å². The average Bonchev–Trinajstić information content (AvgIpc) is 2.88. The molecule has 2 amide bonds. The summed E-state index contributed by atoms with van der Waals surface area (Å²) in [5, 5.41) is 14.4. The standard InChI is InChI=1S/C19H27N3O4S/c23-15(20-3-1-2-16(24)25)7-14-17(26)21-18(27-14)22-19-8-11-4-12(9-19)6-13(5-11)10-19/h11-14H,1-10H2,(H,20,23)(H,24,25)(H,21,22,26). The Morgan fingerprint density at radius 2 is 1.81 bits per heavy atom. The number of carbonyl (C=O) groups is 3. The summed E-state index contributed by atoms with van der Waals surface area (Å²) < 4.78 is 0. The Labute approximate surface area is 163 Å². The number of rotatable bonds is 7. The van der Waals surface area contributed by atoms with Gasteiger partial charge in [-0.2, -0.15) is 0 Å². The Kier molecular flexibility index (Phi) is 5.18. The van der Waals surface area contributed by atoms with Gasteiger partial charge in [0.25, 0.3) is 0 Å². The zero-order valence-electron chi connectivity index (χ0n) is 15.4. The van der Waals surface area contributed by atoms with Gasteiger partial charge in [0.2, 0.25) is 11.8 Å². The van der Waals surface area contributed by atoms with Gasteiger partial charge in [-0.25, -0.2) is 0 Å².